The highest BCUT2D eigenvalue weighted by Crippen LogP contribution is 2.27. The Kier molecular flexibility index (Phi) is 6.73. The maximum atomic E-state index is 4.15. The van der Waals surface area contributed by atoms with Crippen LogP contribution in [0.1, 0.15) is 73.6 Å². The SMILES string of the molecule is C=C(CCC)CCC(=C)NC(C)(C)CC(C)(C)C. The molecule has 0 heterocycles. The highest BCUT2D eigenvalue weighted by atomic mass is 15.0. The first-order chi connectivity index (χ1) is 8.06. The van der Waals surface area contributed by atoms with Gasteiger partial charge in [0.25, 0.3) is 0 Å². The fourth-order valence-corrected chi connectivity index (χ4v) is 2.72. The number of hydrogen-bond acceptors (Lipinski definition) is 1. The third-order valence-electron chi connectivity index (χ3n) is 2.87. The first-order valence-electron chi connectivity index (χ1n) is 7.18. The molecule has 0 aromatic carbocycles. The molecule has 0 aromatic heterocycles. The summed E-state index contributed by atoms with van der Waals surface area (Å²) in [6, 6.07) is 0. The normalized spacial score (nSPS) is 12.3. The molecule has 1 nitrogen and oxygen atoms in total. The van der Waals surface area contributed by atoms with Crippen molar-refractivity contribution >= 4 is 0 Å². The first-order valence-corrected chi connectivity index (χ1v) is 7.18. The summed E-state index contributed by atoms with van der Waals surface area (Å²) in [6.45, 7) is 21.8. The third-order valence-corrected chi connectivity index (χ3v) is 2.87. The lowest BCUT2D eigenvalue weighted by molar-refractivity contribution is 0.254. The van der Waals surface area contributed by atoms with Crippen molar-refractivity contribution in [2.45, 2.75) is 79.2 Å². The first kappa shape index (κ1) is 17.3. The Morgan fingerprint density at radius 1 is 0.944 bits per heavy atom. The number of allylic oxidation sites excluding steroid dienone is 2. The summed E-state index contributed by atoms with van der Waals surface area (Å²) in [6.07, 6.45) is 5.53. The van der Waals surface area contributed by atoms with Crippen LogP contribution in [-0.2, 0) is 0 Å². The van der Waals surface area contributed by atoms with Crippen LogP contribution in [0, 0.1) is 5.41 Å². The molecule has 0 spiro atoms. The summed E-state index contributed by atoms with van der Waals surface area (Å²) >= 11 is 0. The van der Waals surface area contributed by atoms with Gasteiger partial charge in [-0.25, -0.2) is 0 Å². The van der Waals surface area contributed by atoms with Gasteiger partial charge in [-0.2, -0.15) is 0 Å². The van der Waals surface area contributed by atoms with E-state index in [1.807, 2.05) is 0 Å². The van der Waals surface area contributed by atoms with E-state index in [-0.39, 0.29) is 5.54 Å². The molecular formula is C17H33N. The summed E-state index contributed by atoms with van der Waals surface area (Å²) in [5.41, 5.74) is 2.93. The Morgan fingerprint density at radius 2 is 1.50 bits per heavy atom. The van der Waals surface area contributed by atoms with Crippen molar-refractivity contribution < 1.29 is 0 Å². The second-order valence-electron chi connectivity index (χ2n) is 7.35. The van der Waals surface area contributed by atoms with Gasteiger partial charge in [-0.3, -0.25) is 0 Å². The Hall–Kier alpha value is -0.720. The van der Waals surface area contributed by atoms with Crippen molar-refractivity contribution in [3.8, 4) is 0 Å². The largest absolute Gasteiger partial charge is 0.384 e. The molecule has 0 rings (SSSR count). The minimum Gasteiger partial charge on any atom is -0.384 e. The zero-order valence-electron chi connectivity index (χ0n) is 13.4. The van der Waals surface area contributed by atoms with E-state index in [1.54, 1.807) is 0 Å². The van der Waals surface area contributed by atoms with Crippen molar-refractivity contribution in [2.24, 2.45) is 5.41 Å². The predicted molar refractivity (Wildman–Crippen MR) is 83.7 cm³/mol. The molecule has 0 saturated carbocycles. The Labute approximate surface area is 115 Å². The summed E-state index contributed by atoms with van der Waals surface area (Å²) in [5.74, 6) is 0. The second kappa shape index (κ2) is 7.01. The molecule has 0 saturated heterocycles. The third kappa shape index (κ3) is 9.32. The molecule has 18 heavy (non-hydrogen) atoms. The highest BCUT2D eigenvalue weighted by molar-refractivity contribution is 5.03. The van der Waals surface area contributed by atoms with Crippen LogP contribution in [0.25, 0.3) is 0 Å². The zero-order valence-corrected chi connectivity index (χ0v) is 13.4. The molecule has 0 aliphatic carbocycles. The van der Waals surface area contributed by atoms with Gasteiger partial charge in [0.1, 0.15) is 0 Å². The highest BCUT2D eigenvalue weighted by Gasteiger charge is 2.25. The van der Waals surface area contributed by atoms with E-state index < -0.39 is 0 Å². The molecule has 0 radical (unpaired) electrons. The van der Waals surface area contributed by atoms with E-state index in [0.717, 1.165) is 31.4 Å². The molecule has 0 amide bonds. The summed E-state index contributed by atoms with van der Waals surface area (Å²) in [4.78, 5) is 0. The maximum absolute atomic E-state index is 4.15. The summed E-state index contributed by atoms with van der Waals surface area (Å²) < 4.78 is 0. The average molecular weight is 251 g/mol. The van der Waals surface area contributed by atoms with Gasteiger partial charge < -0.3 is 5.32 Å². The van der Waals surface area contributed by atoms with Crippen molar-refractivity contribution in [2.75, 3.05) is 0 Å². The van der Waals surface area contributed by atoms with E-state index in [9.17, 15) is 0 Å². The van der Waals surface area contributed by atoms with Gasteiger partial charge in [-0.15, -0.1) is 0 Å². The minimum absolute atomic E-state index is 0.113. The topological polar surface area (TPSA) is 12.0 Å². The molecule has 0 aliphatic heterocycles. The van der Waals surface area contributed by atoms with Crippen molar-refractivity contribution in [1.29, 1.82) is 0 Å². The van der Waals surface area contributed by atoms with Crippen LogP contribution in [-0.4, -0.2) is 5.54 Å². The van der Waals surface area contributed by atoms with Crippen LogP contribution >= 0.6 is 0 Å². The molecule has 0 aromatic rings. The fourth-order valence-electron chi connectivity index (χ4n) is 2.72. The lowest BCUT2D eigenvalue weighted by Gasteiger charge is -2.35. The molecule has 1 heteroatoms. The minimum atomic E-state index is 0.113. The van der Waals surface area contributed by atoms with Crippen LogP contribution < -0.4 is 5.32 Å². The van der Waals surface area contributed by atoms with Crippen LogP contribution in [0.3, 0.4) is 0 Å². The quantitative estimate of drug-likeness (QED) is 0.566. The van der Waals surface area contributed by atoms with E-state index in [1.165, 1.54) is 12.0 Å². The van der Waals surface area contributed by atoms with Crippen molar-refractivity contribution in [1.82, 2.24) is 5.32 Å². The number of nitrogens with one attached hydrogen (secondary N) is 1. The molecule has 1 N–H and O–H groups in total. The molecule has 0 fully saturated rings. The summed E-state index contributed by atoms with van der Waals surface area (Å²) in [5, 5.41) is 3.57. The smallest absolute Gasteiger partial charge is 0.0319 e. The Bertz CT molecular complexity index is 278. The van der Waals surface area contributed by atoms with E-state index >= 15 is 0 Å². The summed E-state index contributed by atoms with van der Waals surface area (Å²) in [7, 11) is 0. The Balaban J connectivity index is 4.11. The van der Waals surface area contributed by atoms with Gasteiger partial charge in [0.05, 0.1) is 0 Å². The molecule has 0 bridgehead atoms. The van der Waals surface area contributed by atoms with Crippen LogP contribution in [0.2, 0.25) is 0 Å². The number of rotatable bonds is 8. The van der Waals surface area contributed by atoms with Crippen molar-refractivity contribution in [3.05, 3.63) is 24.4 Å². The lowest BCUT2D eigenvalue weighted by atomic mass is 9.81. The Morgan fingerprint density at radius 3 is 1.94 bits per heavy atom. The second-order valence-corrected chi connectivity index (χ2v) is 7.35. The van der Waals surface area contributed by atoms with Gasteiger partial charge in [0.2, 0.25) is 0 Å². The molecular weight excluding hydrogens is 218 g/mol. The van der Waals surface area contributed by atoms with Gasteiger partial charge in [-0.05, 0) is 44.9 Å². The average Bonchev–Trinajstić information content (AvgIpc) is 2.10. The van der Waals surface area contributed by atoms with E-state index in [4.69, 9.17) is 0 Å². The van der Waals surface area contributed by atoms with E-state index in [2.05, 4.69) is 60.0 Å². The molecule has 0 unspecified atom stereocenters. The van der Waals surface area contributed by atoms with Crippen LogP contribution in [0.5, 0.6) is 0 Å². The fraction of sp³-hybridized carbons (Fsp3) is 0.765. The maximum Gasteiger partial charge on any atom is 0.0319 e. The van der Waals surface area contributed by atoms with Crippen LogP contribution in [0.15, 0.2) is 24.4 Å². The van der Waals surface area contributed by atoms with Gasteiger partial charge in [-0.1, -0.05) is 52.8 Å². The molecule has 0 atom stereocenters. The van der Waals surface area contributed by atoms with Gasteiger partial charge in [0, 0.05) is 11.2 Å². The predicted octanol–water partition coefficient (Wildman–Crippen LogP) is 5.44. The van der Waals surface area contributed by atoms with Gasteiger partial charge >= 0.3 is 0 Å². The monoisotopic (exact) mass is 251 g/mol. The van der Waals surface area contributed by atoms with Crippen molar-refractivity contribution in [3.63, 3.8) is 0 Å². The van der Waals surface area contributed by atoms with Gasteiger partial charge in [0.15, 0.2) is 0 Å². The standard InChI is InChI=1S/C17H33N/c1-9-10-14(2)11-12-15(3)18-17(7,8)13-16(4,5)6/h18H,2-3,9-13H2,1,4-8H3. The lowest BCUT2D eigenvalue weighted by Crippen LogP contribution is -2.41. The van der Waals surface area contributed by atoms with E-state index in [0.29, 0.717) is 5.41 Å². The molecule has 106 valence electrons. The number of hydrogen-bond donors (Lipinski definition) is 1. The molecule has 0 aliphatic rings. The van der Waals surface area contributed by atoms with Crippen LogP contribution in [0.4, 0.5) is 0 Å². The zero-order chi connectivity index (χ0) is 14.4.